The van der Waals surface area contributed by atoms with Gasteiger partial charge < -0.3 is 19.2 Å². The Morgan fingerprint density at radius 1 is 1.09 bits per heavy atom. The first-order valence-corrected chi connectivity index (χ1v) is 11.7. The number of carbonyl (C=O) groups is 1. The topological polar surface area (TPSA) is 91.4 Å². The standard InChI is InChI=1S/C25H22N4O4S/c1-2-10-29-23(21-7-4-11-31-21)27-28-25(29)34-15-18-5-3-6-19(12-18)24(30)26-14-17-8-9-20-22(13-17)33-16-32-20/h2-9,11-13H,1,10,14-16H2,(H,26,30). The summed E-state index contributed by atoms with van der Waals surface area (Å²) in [5.74, 6) is 3.23. The minimum absolute atomic E-state index is 0.139. The van der Waals surface area contributed by atoms with E-state index in [9.17, 15) is 4.79 Å². The molecule has 1 N–H and O–H groups in total. The van der Waals surface area contributed by atoms with Crippen molar-refractivity contribution in [1.82, 2.24) is 20.1 Å². The highest BCUT2D eigenvalue weighted by molar-refractivity contribution is 7.98. The Bertz CT molecular complexity index is 1320. The molecule has 1 aliphatic rings. The summed E-state index contributed by atoms with van der Waals surface area (Å²) in [5, 5.41) is 12.3. The highest BCUT2D eigenvalue weighted by Crippen LogP contribution is 2.32. The Kier molecular flexibility index (Phi) is 6.35. The van der Waals surface area contributed by atoms with E-state index in [0.717, 1.165) is 22.0 Å². The number of ether oxygens (including phenoxy) is 2. The largest absolute Gasteiger partial charge is 0.461 e. The van der Waals surface area contributed by atoms with Gasteiger partial charge in [-0.25, -0.2) is 0 Å². The van der Waals surface area contributed by atoms with Crippen molar-refractivity contribution in [3.05, 3.63) is 90.2 Å². The van der Waals surface area contributed by atoms with Gasteiger partial charge in [-0.2, -0.15) is 0 Å². The van der Waals surface area contributed by atoms with Crippen LogP contribution < -0.4 is 14.8 Å². The second-order valence-corrected chi connectivity index (χ2v) is 8.48. The van der Waals surface area contributed by atoms with Gasteiger partial charge in [0.15, 0.2) is 22.4 Å². The summed E-state index contributed by atoms with van der Waals surface area (Å²) in [5.41, 5.74) is 2.55. The number of hydrogen-bond acceptors (Lipinski definition) is 7. The molecule has 0 unspecified atom stereocenters. The van der Waals surface area contributed by atoms with Crippen molar-refractivity contribution in [1.29, 1.82) is 0 Å². The van der Waals surface area contributed by atoms with E-state index in [1.807, 2.05) is 53.1 Å². The monoisotopic (exact) mass is 474 g/mol. The summed E-state index contributed by atoms with van der Waals surface area (Å²) in [4.78, 5) is 12.7. The van der Waals surface area contributed by atoms with Crippen LogP contribution in [0.5, 0.6) is 11.5 Å². The van der Waals surface area contributed by atoms with E-state index in [0.29, 0.717) is 41.7 Å². The fourth-order valence-electron chi connectivity index (χ4n) is 3.56. The maximum atomic E-state index is 12.7. The van der Waals surface area contributed by atoms with Crippen LogP contribution in [0.1, 0.15) is 21.5 Å². The van der Waals surface area contributed by atoms with Gasteiger partial charge in [0, 0.05) is 24.4 Å². The van der Waals surface area contributed by atoms with Crippen LogP contribution in [0.2, 0.25) is 0 Å². The smallest absolute Gasteiger partial charge is 0.251 e. The van der Waals surface area contributed by atoms with Crippen molar-refractivity contribution in [3.8, 4) is 23.1 Å². The van der Waals surface area contributed by atoms with E-state index >= 15 is 0 Å². The lowest BCUT2D eigenvalue weighted by molar-refractivity contribution is 0.0950. The summed E-state index contributed by atoms with van der Waals surface area (Å²) in [6.07, 6.45) is 3.41. The third-order valence-electron chi connectivity index (χ3n) is 5.22. The number of furan rings is 1. The first-order chi connectivity index (χ1) is 16.7. The molecule has 34 heavy (non-hydrogen) atoms. The number of fused-ring (bicyclic) bond motifs is 1. The van der Waals surface area contributed by atoms with Gasteiger partial charge in [-0.05, 0) is 47.5 Å². The molecule has 0 fully saturated rings. The van der Waals surface area contributed by atoms with Gasteiger partial charge in [0.25, 0.3) is 5.91 Å². The van der Waals surface area contributed by atoms with E-state index in [1.165, 1.54) is 0 Å². The number of amides is 1. The third kappa shape index (κ3) is 4.69. The highest BCUT2D eigenvalue weighted by Gasteiger charge is 2.16. The lowest BCUT2D eigenvalue weighted by Crippen LogP contribution is -2.22. The molecule has 0 bridgehead atoms. The van der Waals surface area contributed by atoms with Gasteiger partial charge in [-0.15, -0.1) is 16.8 Å². The summed E-state index contributed by atoms with van der Waals surface area (Å²) < 4.78 is 18.2. The average Bonchev–Trinajstić information content (AvgIpc) is 3.62. The van der Waals surface area contributed by atoms with Gasteiger partial charge in [0.1, 0.15) is 0 Å². The van der Waals surface area contributed by atoms with Crippen LogP contribution in [0.3, 0.4) is 0 Å². The molecule has 0 aliphatic carbocycles. The lowest BCUT2D eigenvalue weighted by atomic mass is 10.1. The van der Waals surface area contributed by atoms with Gasteiger partial charge in [-0.1, -0.05) is 36.0 Å². The molecular weight excluding hydrogens is 452 g/mol. The zero-order valence-electron chi connectivity index (χ0n) is 18.3. The summed E-state index contributed by atoms with van der Waals surface area (Å²) in [6, 6.07) is 16.9. The van der Waals surface area contributed by atoms with Crippen LogP contribution in [0.4, 0.5) is 0 Å². The molecule has 3 heterocycles. The SMILES string of the molecule is C=CCn1c(SCc2cccc(C(=O)NCc3ccc4c(c3)OCO4)c2)nnc1-c1ccco1. The van der Waals surface area contributed by atoms with Crippen molar-refractivity contribution in [2.45, 2.75) is 24.0 Å². The van der Waals surface area contributed by atoms with Crippen LogP contribution in [0.15, 0.2) is 83.1 Å². The molecule has 0 radical (unpaired) electrons. The number of carbonyl (C=O) groups excluding carboxylic acids is 1. The number of benzene rings is 2. The molecule has 1 amide bonds. The molecule has 0 saturated carbocycles. The van der Waals surface area contributed by atoms with Crippen LogP contribution in [-0.4, -0.2) is 27.5 Å². The molecule has 5 rings (SSSR count). The Hall–Kier alpha value is -3.98. The summed E-state index contributed by atoms with van der Waals surface area (Å²) in [6.45, 7) is 5.02. The van der Waals surface area contributed by atoms with Crippen molar-refractivity contribution in [3.63, 3.8) is 0 Å². The molecule has 4 aromatic rings. The minimum Gasteiger partial charge on any atom is -0.461 e. The number of thioether (sulfide) groups is 1. The van der Waals surface area contributed by atoms with E-state index in [1.54, 1.807) is 30.2 Å². The fraction of sp³-hybridized carbons (Fsp3) is 0.160. The van der Waals surface area contributed by atoms with Gasteiger partial charge >= 0.3 is 0 Å². The Morgan fingerprint density at radius 2 is 2.00 bits per heavy atom. The second-order valence-electron chi connectivity index (χ2n) is 7.54. The Balaban J connectivity index is 1.23. The Labute approximate surface area is 200 Å². The molecular formula is C25H22N4O4S. The van der Waals surface area contributed by atoms with Crippen molar-refractivity contribution in [2.24, 2.45) is 0 Å². The predicted molar refractivity (Wildman–Crippen MR) is 128 cm³/mol. The van der Waals surface area contributed by atoms with E-state index < -0.39 is 0 Å². The van der Waals surface area contributed by atoms with Crippen LogP contribution in [-0.2, 0) is 18.8 Å². The fourth-order valence-corrected chi connectivity index (χ4v) is 4.45. The normalized spacial score (nSPS) is 12.0. The number of allylic oxidation sites excluding steroid dienone is 1. The molecule has 0 spiro atoms. The quantitative estimate of drug-likeness (QED) is 0.278. The average molecular weight is 475 g/mol. The van der Waals surface area contributed by atoms with E-state index in [2.05, 4.69) is 22.1 Å². The molecule has 1 aliphatic heterocycles. The maximum Gasteiger partial charge on any atom is 0.251 e. The van der Waals surface area contributed by atoms with Crippen LogP contribution >= 0.6 is 11.8 Å². The number of nitrogens with one attached hydrogen (secondary N) is 1. The van der Waals surface area contributed by atoms with E-state index in [-0.39, 0.29) is 12.7 Å². The lowest BCUT2D eigenvalue weighted by Gasteiger charge is -2.09. The molecule has 8 nitrogen and oxygen atoms in total. The van der Waals surface area contributed by atoms with Crippen LogP contribution in [0, 0.1) is 0 Å². The number of nitrogens with zero attached hydrogens (tertiary/aromatic N) is 3. The molecule has 2 aromatic carbocycles. The van der Waals surface area contributed by atoms with Crippen LogP contribution in [0.25, 0.3) is 11.6 Å². The summed E-state index contributed by atoms with van der Waals surface area (Å²) >= 11 is 1.54. The zero-order valence-corrected chi connectivity index (χ0v) is 19.1. The van der Waals surface area contributed by atoms with Gasteiger partial charge in [-0.3, -0.25) is 9.36 Å². The molecule has 172 valence electrons. The molecule has 0 atom stereocenters. The first kappa shape index (κ1) is 21.8. The maximum absolute atomic E-state index is 12.7. The molecule has 9 heteroatoms. The second kappa shape index (κ2) is 9.88. The number of rotatable bonds is 9. The van der Waals surface area contributed by atoms with Gasteiger partial charge in [0.2, 0.25) is 12.6 Å². The third-order valence-corrected chi connectivity index (χ3v) is 6.26. The number of aromatic nitrogens is 3. The van der Waals surface area contributed by atoms with Crippen molar-refractivity contribution < 1.29 is 18.7 Å². The highest BCUT2D eigenvalue weighted by atomic mass is 32.2. The zero-order chi connectivity index (χ0) is 23.3. The minimum atomic E-state index is -0.139. The number of hydrogen-bond donors (Lipinski definition) is 1. The molecule has 0 saturated heterocycles. The Morgan fingerprint density at radius 3 is 2.85 bits per heavy atom. The van der Waals surface area contributed by atoms with Crippen molar-refractivity contribution in [2.75, 3.05) is 6.79 Å². The van der Waals surface area contributed by atoms with E-state index in [4.69, 9.17) is 13.9 Å². The first-order valence-electron chi connectivity index (χ1n) is 10.7. The van der Waals surface area contributed by atoms with Gasteiger partial charge in [0.05, 0.1) is 6.26 Å². The summed E-state index contributed by atoms with van der Waals surface area (Å²) in [7, 11) is 0. The van der Waals surface area contributed by atoms with Crippen molar-refractivity contribution >= 4 is 17.7 Å². The molecule has 2 aromatic heterocycles. The predicted octanol–water partition coefficient (Wildman–Crippen LogP) is 4.68.